The second-order valence-electron chi connectivity index (χ2n) is 6.32. The predicted molar refractivity (Wildman–Crippen MR) is 108 cm³/mol. The number of thiazole rings is 1. The second kappa shape index (κ2) is 10.6. The van der Waals surface area contributed by atoms with Crippen LogP contribution in [-0.2, 0) is 10.8 Å². The number of hydrogen-bond donors (Lipinski definition) is 3. The van der Waals surface area contributed by atoms with E-state index >= 15 is 0 Å². The Kier molecular flexibility index (Phi) is 8.50. The van der Waals surface area contributed by atoms with Gasteiger partial charge in [-0.05, 0) is 26.2 Å². The molecule has 146 valence electrons. The Labute approximate surface area is 161 Å². The Balaban J connectivity index is 1.71. The van der Waals surface area contributed by atoms with Gasteiger partial charge in [0.15, 0.2) is 5.96 Å². The van der Waals surface area contributed by atoms with Crippen LogP contribution >= 0.6 is 11.3 Å². The van der Waals surface area contributed by atoms with Gasteiger partial charge in [0.1, 0.15) is 4.88 Å². The fourth-order valence-corrected chi connectivity index (χ4v) is 5.16. The van der Waals surface area contributed by atoms with Crippen LogP contribution in [0.3, 0.4) is 0 Å². The highest BCUT2D eigenvalue weighted by Crippen LogP contribution is 2.22. The van der Waals surface area contributed by atoms with Crippen LogP contribution in [0.25, 0.3) is 0 Å². The monoisotopic (exact) mass is 399 g/mol. The lowest BCUT2D eigenvalue weighted by molar-refractivity contribution is 0.0957. The Morgan fingerprint density at radius 1 is 1.38 bits per heavy atom. The van der Waals surface area contributed by atoms with Crippen molar-refractivity contribution >= 4 is 34.0 Å². The quantitative estimate of drug-likeness (QED) is 0.366. The normalized spacial score (nSPS) is 21.9. The van der Waals surface area contributed by atoms with Crippen LogP contribution in [0.4, 0.5) is 0 Å². The summed E-state index contributed by atoms with van der Waals surface area (Å²) in [5.41, 5.74) is 2.44. The highest BCUT2D eigenvalue weighted by atomic mass is 32.2. The number of guanidine groups is 1. The smallest absolute Gasteiger partial charge is 0.263 e. The van der Waals surface area contributed by atoms with Crippen molar-refractivity contribution in [3.8, 4) is 0 Å². The van der Waals surface area contributed by atoms with E-state index in [2.05, 4.69) is 25.9 Å². The molecule has 1 heterocycles. The summed E-state index contributed by atoms with van der Waals surface area (Å²) >= 11 is 1.35. The standard InChI is InChI=1S/C17H29N5O2S2/c1-4-26(24)14-7-5-6-13(10-14)22-17(18-3)20-9-8-19-16(23)15-12(2)21-11-25-15/h11,13-14H,4-10H2,1-3H3,(H,19,23)(H2,18,20,22). The molecule has 1 aromatic rings. The van der Waals surface area contributed by atoms with Crippen molar-refractivity contribution in [1.82, 2.24) is 20.9 Å². The number of aliphatic imine (C=N–C) groups is 1. The molecule has 0 radical (unpaired) electrons. The first-order chi connectivity index (χ1) is 12.5. The van der Waals surface area contributed by atoms with Gasteiger partial charge >= 0.3 is 0 Å². The number of nitrogens with one attached hydrogen (secondary N) is 3. The molecule has 1 saturated carbocycles. The lowest BCUT2D eigenvalue weighted by Crippen LogP contribution is -2.48. The lowest BCUT2D eigenvalue weighted by Gasteiger charge is -2.30. The highest BCUT2D eigenvalue weighted by Gasteiger charge is 2.26. The van der Waals surface area contributed by atoms with Gasteiger partial charge in [-0.15, -0.1) is 11.3 Å². The van der Waals surface area contributed by atoms with Gasteiger partial charge < -0.3 is 16.0 Å². The molecule has 1 aliphatic carbocycles. The number of rotatable bonds is 7. The molecule has 9 heteroatoms. The van der Waals surface area contributed by atoms with Crippen LogP contribution in [0.2, 0.25) is 0 Å². The SMILES string of the molecule is CCS(=O)C1CCCC(NC(=NC)NCCNC(=O)c2scnc2C)C1. The van der Waals surface area contributed by atoms with E-state index in [0.717, 1.165) is 43.1 Å². The molecule has 3 atom stereocenters. The largest absolute Gasteiger partial charge is 0.355 e. The molecular weight excluding hydrogens is 370 g/mol. The Bertz CT molecular complexity index is 647. The summed E-state index contributed by atoms with van der Waals surface area (Å²) in [6, 6.07) is 0.296. The molecule has 1 amide bonds. The molecule has 2 rings (SSSR count). The molecule has 0 aliphatic heterocycles. The molecular formula is C17H29N5O2S2. The minimum absolute atomic E-state index is 0.0908. The van der Waals surface area contributed by atoms with Crippen LogP contribution in [-0.4, -0.2) is 58.2 Å². The molecule has 0 aromatic carbocycles. The zero-order valence-electron chi connectivity index (χ0n) is 15.7. The van der Waals surface area contributed by atoms with Gasteiger partial charge in [0.05, 0.1) is 11.2 Å². The summed E-state index contributed by atoms with van der Waals surface area (Å²) in [5.74, 6) is 1.36. The minimum Gasteiger partial charge on any atom is -0.355 e. The Morgan fingerprint density at radius 2 is 2.15 bits per heavy atom. The Hall–Kier alpha value is -1.48. The van der Waals surface area contributed by atoms with Crippen LogP contribution in [0.1, 0.15) is 48.0 Å². The number of carbonyl (C=O) groups is 1. The fourth-order valence-electron chi connectivity index (χ4n) is 3.10. The van der Waals surface area contributed by atoms with Crippen molar-refractivity contribution in [3.63, 3.8) is 0 Å². The van der Waals surface area contributed by atoms with Crippen molar-refractivity contribution < 1.29 is 9.00 Å². The van der Waals surface area contributed by atoms with Crippen LogP contribution in [0, 0.1) is 6.92 Å². The van der Waals surface area contributed by atoms with E-state index in [1.165, 1.54) is 11.3 Å². The number of nitrogens with zero attached hydrogens (tertiary/aromatic N) is 2. The maximum absolute atomic E-state index is 12.1. The first-order valence-corrected chi connectivity index (χ1v) is 11.3. The van der Waals surface area contributed by atoms with Crippen molar-refractivity contribution in [2.45, 2.75) is 50.8 Å². The average Bonchev–Trinajstić information content (AvgIpc) is 3.09. The molecule has 1 aliphatic rings. The van der Waals surface area contributed by atoms with E-state index in [9.17, 15) is 9.00 Å². The van der Waals surface area contributed by atoms with E-state index in [0.29, 0.717) is 24.0 Å². The molecule has 0 spiro atoms. The molecule has 3 N–H and O–H groups in total. The zero-order valence-corrected chi connectivity index (χ0v) is 17.3. The number of amides is 1. The summed E-state index contributed by atoms with van der Waals surface area (Å²) in [6.45, 7) is 4.90. The predicted octanol–water partition coefficient (Wildman–Crippen LogP) is 1.43. The third-order valence-corrected chi connectivity index (χ3v) is 7.17. The highest BCUT2D eigenvalue weighted by molar-refractivity contribution is 7.85. The van der Waals surface area contributed by atoms with Gasteiger partial charge in [0.25, 0.3) is 5.91 Å². The average molecular weight is 400 g/mol. The lowest BCUT2D eigenvalue weighted by atomic mass is 9.95. The summed E-state index contributed by atoms with van der Waals surface area (Å²) in [7, 11) is 1.00. The van der Waals surface area contributed by atoms with Gasteiger partial charge in [0, 0.05) is 48.0 Å². The molecule has 1 fully saturated rings. The maximum atomic E-state index is 12.1. The third-order valence-electron chi connectivity index (χ3n) is 4.50. The van der Waals surface area contributed by atoms with Crippen molar-refractivity contribution in [3.05, 3.63) is 16.1 Å². The minimum atomic E-state index is -0.732. The van der Waals surface area contributed by atoms with E-state index in [1.54, 1.807) is 12.6 Å². The van der Waals surface area contributed by atoms with E-state index in [4.69, 9.17) is 0 Å². The molecule has 26 heavy (non-hydrogen) atoms. The van der Waals surface area contributed by atoms with Gasteiger partial charge in [-0.3, -0.25) is 14.0 Å². The number of aromatic nitrogens is 1. The van der Waals surface area contributed by atoms with Crippen LogP contribution in [0.5, 0.6) is 0 Å². The number of carbonyl (C=O) groups excluding carboxylic acids is 1. The van der Waals surface area contributed by atoms with Crippen LogP contribution in [0.15, 0.2) is 10.5 Å². The second-order valence-corrected chi connectivity index (χ2v) is 9.18. The van der Waals surface area contributed by atoms with Gasteiger partial charge in [0.2, 0.25) is 0 Å². The van der Waals surface area contributed by atoms with E-state index < -0.39 is 10.8 Å². The summed E-state index contributed by atoms with van der Waals surface area (Å²) in [5, 5.41) is 9.82. The molecule has 0 saturated heterocycles. The van der Waals surface area contributed by atoms with E-state index in [1.807, 2.05) is 13.8 Å². The van der Waals surface area contributed by atoms with Gasteiger partial charge in [-0.1, -0.05) is 13.3 Å². The Morgan fingerprint density at radius 3 is 2.81 bits per heavy atom. The summed E-state index contributed by atoms with van der Waals surface area (Å²) < 4.78 is 12.1. The van der Waals surface area contributed by atoms with Crippen LogP contribution < -0.4 is 16.0 Å². The van der Waals surface area contributed by atoms with E-state index in [-0.39, 0.29) is 11.2 Å². The number of aryl methyl sites for hydroxylation is 1. The third kappa shape index (κ3) is 6.05. The van der Waals surface area contributed by atoms with Gasteiger partial charge in [-0.25, -0.2) is 4.98 Å². The molecule has 3 unspecified atom stereocenters. The first kappa shape index (κ1) is 20.8. The molecule has 1 aromatic heterocycles. The summed E-state index contributed by atoms with van der Waals surface area (Å²) in [4.78, 5) is 21.0. The summed E-state index contributed by atoms with van der Waals surface area (Å²) in [6.07, 6.45) is 4.13. The van der Waals surface area contributed by atoms with Crippen molar-refractivity contribution in [2.75, 3.05) is 25.9 Å². The first-order valence-electron chi connectivity index (χ1n) is 9.07. The van der Waals surface area contributed by atoms with Crippen molar-refractivity contribution in [2.24, 2.45) is 4.99 Å². The van der Waals surface area contributed by atoms with Crippen molar-refractivity contribution in [1.29, 1.82) is 0 Å². The molecule has 0 bridgehead atoms. The fraction of sp³-hybridized carbons (Fsp3) is 0.706. The zero-order chi connectivity index (χ0) is 18.9. The molecule has 7 nitrogen and oxygen atoms in total. The topological polar surface area (TPSA) is 95.5 Å². The van der Waals surface area contributed by atoms with Gasteiger partial charge in [-0.2, -0.15) is 0 Å². The number of hydrogen-bond acceptors (Lipinski definition) is 5. The maximum Gasteiger partial charge on any atom is 0.263 e.